The van der Waals surface area contributed by atoms with Gasteiger partial charge in [0.05, 0.1) is 10.6 Å². The quantitative estimate of drug-likeness (QED) is 0.779. The van der Waals surface area contributed by atoms with Crippen LogP contribution < -0.4 is 0 Å². The normalized spacial score (nSPS) is 10.8. The van der Waals surface area contributed by atoms with Crippen molar-refractivity contribution < 1.29 is 4.79 Å². The molecule has 0 saturated carbocycles. The lowest BCUT2D eigenvalue weighted by Crippen LogP contribution is -2.36. The standard InChI is InChI=1S/C18H20Cl2N2O/c1-21(2)10-11-22(13-14-6-4-3-5-7-14)18(23)16-9-8-15(19)12-17(16)20/h3-9,12H,10-11,13H2,1-2H3. The summed E-state index contributed by atoms with van der Waals surface area (Å²) in [5.41, 5.74) is 1.57. The van der Waals surface area contributed by atoms with Crippen molar-refractivity contribution in [1.29, 1.82) is 0 Å². The lowest BCUT2D eigenvalue weighted by molar-refractivity contribution is 0.0732. The van der Waals surface area contributed by atoms with Crippen LogP contribution in [0.15, 0.2) is 48.5 Å². The van der Waals surface area contributed by atoms with Crippen molar-refractivity contribution in [3.05, 3.63) is 69.7 Å². The van der Waals surface area contributed by atoms with Gasteiger partial charge in [0.1, 0.15) is 0 Å². The molecule has 0 unspecified atom stereocenters. The molecule has 0 saturated heterocycles. The van der Waals surface area contributed by atoms with E-state index < -0.39 is 0 Å². The van der Waals surface area contributed by atoms with E-state index in [0.717, 1.165) is 12.1 Å². The number of carbonyl (C=O) groups is 1. The largest absolute Gasteiger partial charge is 0.333 e. The summed E-state index contributed by atoms with van der Waals surface area (Å²) in [7, 11) is 3.97. The Morgan fingerprint density at radius 3 is 2.30 bits per heavy atom. The molecule has 0 N–H and O–H groups in total. The molecule has 2 rings (SSSR count). The van der Waals surface area contributed by atoms with Gasteiger partial charge in [0.2, 0.25) is 0 Å². The molecule has 0 aliphatic carbocycles. The van der Waals surface area contributed by atoms with E-state index in [-0.39, 0.29) is 5.91 Å². The monoisotopic (exact) mass is 350 g/mol. The third-order valence-corrected chi connectivity index (χ3v) is 4.03. The Labute approximate surface area is 147 Å². The predicted octanol–water partition coefficient (Wildman–Crippen LogP) is 4.20. The second-order valence-electron chi connectivity index (χ2n) is 5.64. The van der Waals surface area contributed by atoms with E-state index in [0.29, 0.717) is 28.7 Å². The molecule has 23 heavy (non-hydrogen) atoms. The molecule has 5 heteroatoms. The highest BCUT2D eigenvalue weighted by Gasteiger charge is 2.19. The van der Waals surface area contributed by atoms with Crippen LogP contribution in [0.2, 0.25) is 10.0 Å². The van der Waals surface area contributed by atoms with Crippen molar-refractivity contribution >= 4 is 29.1 Å². The van der Waals surface area contributed by atoms with E-state index in [9.17, 15) is 4.79 Å². The van der Waals surface area contributed by atoms with E-state index in [2.05, 4.69) is 4.90 Å². The highest BCUT2D eigenvalue weighted by Crippen LogP contribution is 2.23. The number of halogens is 2. The minimum Gasteiger partial charge on any atom is -0.333 e. The van der Waals surface area contributed by atoms with Crippen LogP contribution in [0.1, 0.15) is 15.9 Å². The van der Waals surface area contributed by atoms with E-state index in [1.807, 2.05) is 49.3 Å². The molecule has 0 bridgehead atoms. The smallest absolute Gasteiger partial charge is 0.255 e. The molecule has 3 nitrogen and oxygen atoms in total. The van der Waals surface area contributed by atoms with Gasteiger partial charge in [-0.05, 0) is 37.9 Å². The summed E-state index contributed by atoms with van der Waals surface area (Å²) in [6.45, 7) is 1.95. The van der Waals surface area contributed by atoms with Gasteiger partial charge in [0.25, 0.3) is 5.91 Å². The molecule has 1 amide bonds. The van der Waals surface area contributed by atoms with E-state index >= 15 is 0 Å². The zero-order valence-electron chi connectivity index (χ0n) is 13.3. The third-order valence-electron chi connectivity index (χ3n) is 3.48. The van der Waals surface area contributed by atoms with Gasteiger partial charge >= 0.3 is 0 Å². The van der Waals surface area contributed by atoms with E-state index in [1.165, 1.54) is 0 Å². The first-order chi connectivity index (χ1) is 11.0. The number of nitrogens with zero attached hydrogens (tertiary/aromatic N) is 2. The van der Waals surface area contributed by atoms with Crippen LogP contribution >= 0.6 is 23.2 Å². The van der Waals surface area contributed by atoms with Gasteiger partial charge in [-0.15, -0.1) is 0 Å². The Bertz CT molecular complexity index is 659. The molecule has 0 aliphatic rings. The van der Waals surface area contributed by atoms with Crippen molar-refractivity contribution in [2.75, 3.05) is 27.2 Å². The number of hydrogen-bond donors (Lipinski definition) is 0. The Morgan fingerprint density at radius 2 is 1.70 bits per heavy atom. The average Bonchev–Trinajstić information content (AvgIpc) is 2.51. The van der Waals surface area contributed by atoms with Crippen molar-refractivity contribution in [2.24, 2.45) is 0 Å². The Hall–Kier alpha value is -1.55. The number of amides is 1. The minimum absolute atomic E-state index is 0.0858. The Morgan fingerprint density at radius 1 is 1.00 bits per heavy atom. The average molecular weight is 351 g/mol. The molecule has 0 radical (unpaired) electrons. The van der Waals surface area contributed by atoms with Crippen LogP contribution in [0.25, 0.3) is 0 Å². The molecule has 0 fully saturated rings. The maximum absolute atomic E-state index is 12.9. The van der Waals surface area contributed by atoms with E-state index in [1.54, 1.807) is 18.2 Å². The number of benzene rings is 2. The molecule has 0 aliphatic heterocycles. The molecule has 0 heterocycles. The maximum Gasteiger partial charge on any atom is 0.255 e. The molecule has 122 valence electrons. The zero-order valence-corrected chi connectivity index (χ0v) is 14.8. The van der Waals surface area contributed by atoms with Crippen LogP contribution in [-0.2, 0) is 6.54 Å². The first-order valence-corrected chi connectivity index (χ1v) is 8.16. The fourth-order valence-electron chi connectivity index (χ4n) is 2.21. The zero-order chi connectivity index (χ0) is 16.8. The van der Waals surface area contributed by atoms with Crippen molar-refractivity contribution in [1.82, 2.24) is 9.80 Å². The SMILES string of the molecule is CN(C)CCN(Cc1ccccc1)C(=O)c1ccc(Cl)cc1Cl. The molecular formula is C18H20Cl2N2O. The topological polar surface area (TPSA) is 23.6 Å². The number of hydrogen-bond acceptors (Lipinski definition) is 2. The molecular weight excluding hydrogens is 331 g/mol. The summed E-state index contributed by atoms with van der Waals surface area (Å²) < 4.78 is 0. The van der Waals surface area contributed by atoms with Crippen LogP contribution in [0.3, 0.4) is 0 Å². The Kier molecular flexibility index (Phi) is 6.46. The molecule has 0 spiro atoms. The molecule has 2 aromatic rings. The van der Waals surface area contributed by atoms with Crippen molar-refractivity contribution in [2.45, 2.75) is 6.54 Å². The Balaban J connectivity index is 2.22. The van der Waals surface area contributed by atoms with Gasteiger partial charge in [0, 0.05) is 24.7 Å². The van der Waals surface area contributed by atoms with Gasteiger partial charge < -0.3 is 9.80 Å². The van der Waals surface area contributed by atoms with Crippen LogP contribution in [0.4, 0.5) is 0 Å². The second kappa shape index (κ2) is 8.34. The summed E-state index contributed by atoms with van der Waals surface area (Å²) in [5, 5.41) is 0.903. The molecule has 2 aromatic carbocycles. The summed E-state index contributed by atoms with van der Waals surface area (Å²) in [5.74, 6) is -0.0858. The minimum atomic E-state index is -0.0858. The number of carbonyl (C=O) groups excluding carboxylic acids is 1. The summed E-state index contributed by atoms with van der Waals surface area (Å²) >= 11 is 12.1. The first kappa shape index (κ1) is 17.8. The second-order valence-corrected chi connectivity index (χ2v) is 6.48. The fraction of sp³-hybridized carbons (Fsp3) is 0.278. The summed E-state index contributed by atoms with van der Waals surface area (Å²) in [4.78, 5) is 16.7. The number of rotatable bonds is 6. The number of likely N-dealkylation sites (N-methyl/N-ethyl adjacent to an activating group) is 1. The van der Waals surface area contributed by atoms with Gasteiger partial charge in [-0.2, -0.15) is 0 Å². The van der Waals surface area contributed by atoms with Gasteiger partial charge in [-0.3, -0.25) is 4.79 Å². The van der Waals surface area contributed by atoms with Gasteiger partial charge in [0.15, 0.2) is 0 Å². The van der Waals surface area contributed by atoms with Crippen LogP contribution in [-0.4, -0.2) is 42.9 Å². The lowest BCUT2D eigenvalue weighted by atomic mass is 10.1. The van der Waals surface area contributed by atoms with E-state index in [4.69, 9.17) is 23.2 Å². The molecule has 0 atom stereocenters. The highest BCUT2D eigenvalue weighted by molar-refractivity contribution is 6.36. The van der Waals surface area contributed by atoms with Crippen LogP contribution in [0.5, 0.6) is 0 Å². The maximum atomic E-state index is 12.9. The van der Waals surface area contributed by atoms with Crippen molar-refractivity contribution in [3.63, 3.8) is 0 Å². The summed E-state index contributed by atoms with van der Waals surface area (Å²) in [6, 6.07) is 14.9. The predicted molar refractivity (Wildman–Crippen MR) is 96.2 cm³/mol. The van der Waals surface area contributed by atoms with Crippen molar-refractivity contribution in [3.8, 4) is 0 Å². The third kappa shape index (κ3) is 5.24. The van der Waals surface area contributed by atoms with Gasteiger partial charge in [-0.25, -0.2) is 0 Å². The fourth-order valence-corrected chi connectivity index (χ4v) is 2.70. The van der Waals surface area contributed by atoms with Crippen LogP contribution in [0, 0.1) is 0 Å². The summed E-state index contributed by atoms with van der Waals surface area (Å²) in [6.07, 6.45) is 0. The highest BCUT2D eigenvalue weighted by atomic mass is 35.5. The van der Waals surface area contributed by atoms with Gasteiger partial charge in [-0.1, -0.05) is 53.5 Å². The first-order valence-electron chi connectivity index (χ1n) is 7.40. The lowest BCUT2D eigenvalue weighted by Gasteiger charge is -2.25. The molecule has 0 aromatic heterocycles.